The monoisotopic (exact) mass is 245 g/mol. The molecule has 3 rings (SSSR count). The van der Waals surface area contributed by atoms with Gasteiger partial charge < -0.3 is 13.9 Å². The van der Waals surface area contributed by atoms with Crippen molar-refractivity contribution in [2.45, 2.75) is 19.2 Å². The summed E-state index contributed by atoms with van der Waals surface area (Å²) in [7, 11) is 1.66. The molecule has 0 amide bonds. The smallest absolute Gasteiger partial charge is 0.168 e. The van der Waals surface area contributed by atoms with Crippen LogP contribution in [0.25, 0.3) is 0 Å². The maximum absolute atomic E-state index is 5.95. The molecule has 18 heavy (non-hydrogen) atoms. The van der Waals surface area contributed by atoms with Gasteiger partial charge in [-0.3, -0.25) is 5.32 Å². The molecule has 0 fully saturated rings. The molecule has 1 aliphatic heterocycles. The van der Waals surface area contributed by atoms with E-state index >= 15 is 0 Å². The second kappa shape index (κ2) is 4.74. The zero-order valence-corrected chi connectivity index (χ0v) is 10.2. The van der Waals surface area contributed by atoms with Gasteiger partial charge in [-0.1, -0.05) is 12.1 Å². The molecule has 1 atom stereocenters. The molecule has 4 nitrogen and oxygen atoms in total. The molecule has 1 aromatic heterocycles. The first-order chi connectivity index (χ1) is 8.86. The Hall–Kier alpha value is -1.94. The van der Waals surface area contributed by atoms with Crippen LogP contribution in [0.15, 0.2) is 41.2 Å². The number of furan rings is 1. The van der Waals surface area contributed by atoms with Gasteiger partial charge in [0.05, 0.1) is 19.6 Å². The summed E-state index contributed by atoms with van der Waals surface area (Å²) < 4.78 is 16.3. The summed E-state index contributed by atoms with van der Waals surface area (Å²) in [5.41, 5.74) is 2.24. The van der Waals surface area contributed by atoms with Crippen LogP contribution in [0.5, 0.6) is 11.5 Å². The Morgan fingerprint density at radius 3 is 3.11 bits per heavy atom. The van der Waals surface area contributed by atoms with E-state index in [1.54, 1.807) is 19.6 Å². The Bertz CT molecular complexity index is 508. The number of fused-ring (bicyclic) bond motifs is 1. The van der Waals surface area contributed by atoms with Crippen molar-refractivity contribution in [3.05, 3.63) is 47.9 Å². The standard InChI is InChI=1S/C14H15NO3/c1-16-12-4-2-3-11-8-15-13(18-14(11)12)7-10-5-6-17-9-10/h2-6,9,13,15H,7-8H2,1H3. The van der Waals surface area contributed by atoms with Gasteiger partial charge in [0.2, 0.25) is 0 Å². The molecule has 2 heterocycles. The van der Waals surface area contributed by atoms with Gasteiger partial charge >= 0.3 is 0 Å². The van der Waals surface area contributed by atoms with E-state index in [0.29, 0.717) is 0 Å². The Morgan fingerprint density at radius 2 is 2.33 bits per heavy atom. The molecule has 0 bridgehead atoms. The highest BCUT2D eigenvalue weighted by Crippen LogP contribution is 2.34. The van der Waals surface area contributed by atoms with Gasteiger partial charge in [-0.2, -0.15) is 0 Å². The van der Waals surface area contributed by atoms with Crippen molar-refractivity contribution in [3.8, 4) is 11.5 Å². The summed E-state index contributed by atoms with van der Waals surface area (Å²) in [5.74, 6) is 1.62. The number of methoxy groups -OCH3 is 1. The van der Waals surface area contributed by atoms with Crippen molar-refractivity contribution < 1.29 is 13.9 Å². The Morgan fingerprint density at radius 1 is 1.39 bits per heavy atom. The molecule has 0 spiro atoms. The van der Waals surface area contributed by atoms with Crippen LogP contribution in [0.1, 0.15) is 11.1 Å². The first kappa shape index (κ1) is 11.2. The predicted octanol–water partition coefficient (Wildman–Crippen LogP) is 2.34. The van der Waals surface area contributed by atoms with Gasteiger partial charge in [-0.05, 0) is 17.7 Å². The van der Waals surface area contributed by atoms with Crippen molar-refractivity contribution in [3.63, 3.8) is 0 Å². The van der Waals surface area contributed by atoms with Crippen LogP contribution in [-0.4, -0.2) is 13.3 Å². The van der Waals surface area contributed by atoms with Gasteiger partial charge in [0, 0.05) is 18.5 Å². The minimum absolute atomic E-state index is 0.0496. The minimum atomic E-state index is -0.0496. The van der Waals surface area contributed by atoms with Crippen LogP contribution >= 0.6 is 0 Å². The van der Waals surface area contributed by atoms with Crippen molar-refractivity contribution in [2.24, 2.45) is 0 Å². The summed E-state index contributed by atoms with van der Waals surface area (Å²) in [5, 5.41) is 3.35. The van der Waals surface area contributed by atoms with Crippen LogP contribution in [-0.2, 0) is 13.0 Å². The quantitative estimate of drug-likeness (QED) is 0.901. The van der Waals surface area contributed by atoms with Crippen LogP contribution in [0.2, 0.25) is 0 Å². The van der Waals surface area contributed by atoms with E-state index in [4.69, 9.17) is 13.9 Å². The maximum Gasteiger partial charge on any atom is 0.168 e. The normalized spacial score (nSPS) is 17.9. The molecule has 0 saturated carbocycles. The largest absolute Gasteiger partial charge is 0.493 e. The lowest BCUT2D eigenvalue weighted by molar-refractivity contribution is 0.136. The number of benzene rings is 1. The Labute approximate surface area is 106 Å². The lowest BCUT2D eigenvalue weighted by Crippen LogP contribution is -2.39. The summed E-state index contributed by atoms with van der Waals surface area (Å²) in [6.07, 6.45) is 4.13. The Balaban J connectivity index is 1.79. The molecule has 1 N–H and O–H groups in total. The lowest BCUT2D eigenvalue weighted by atomic mass is 10.1. The van der Waals surface area contributed by atoms with E-state index in [1.807, 2.05) is 24.3 Å². The van der Waals surface area contributed by atoms with Crippen molar-refractivity contribution >= 4 is 0 Å². The highest BCUT2D eigenvalue weighted by Gasteiger charge is 2.22. The molecule has 1 unspecified atom stereocenters. The minimum Gasteiger partial charge on any atom is -0.493 e. The summed E-state index contributed by atoms with van der Waals surface area (Å²) >= 11 is 0. The van der Waals surface area contributed by atoms with Gasteiger partial charge in [-0.15, -0.1) is 0 Å². The Kier molecular flexibility index (Phi) is 2.94. The molecule has 0 aliphatic carbocycles. The molecule has 0 saturated heterocycles. The molecule has 1 aliphatic rings. The van der Waals surface area contributed by atoms with E-state index in [0.717, 1.165) is 35.6 Å². The highest BCUT2D eigenvalue weighted by atomic mass is 16.5. The van der Waals surface area contributed by atoms with Gasteiger partial charge in [-0.25, -0.2) is 0 Å². The zero-order chi connectivity index (χ0) is 12.4. The predicted molar refractivity (Wildman–Crippen MR) is 66.7 cm³/mol. The van der Waals surface area contributed by atoms with Crippen molar-refractivity contribution in [1.29, 1.82) is 0 Å². The fraction of sp³-hybridized carbons (Fsp3) is 0.286. The molecule has 2 aromatic rings. The average Bonchev–Trinajstić information content (AvgIpc) is 2.91. The summed E-state index contributed by atoms with van der Waals surface area (Å²) in [4.78, 5) is 0. The van der Waals surface area contributed by atoms with Gasteiger partial charge in [0.25, 0.3) is 0 Å². The molecule has 1 aromatic carbocycles. The van der Waals surface area contributed by atoms with Gasteiger partial charge in [0.15, 0.2) is 17.7 Å². The topological polar surface area (TPSA) is 43.6 Å². The zero-order valence-electron chi connectivity index (χ0n) is 10.2. The third-order valence-electron chi connectivity index (χ3n) is 3.06. The van der Waals surface area contributed by atoms with E-state index in [9.17, 15) is 0 Å². The number of rotatable bonds is 3. The molecule has 4 heteroatoms. The van der Waals surface area contributed by atoms with E-state index in [-0.39, 0.29) is 6.23 Å². The number of para-hydroxylation sites is 1. The number of ether oxygens (including phenoxy) is 2. The number of hydrogen-bond acceptors (Lipinski definition) is 4. The lowest BCUT2D eigenvalue weighted by Gasteiger charge is -2.28. The summed E-state index contributed by atoms with van der Waals surface area (Å²) in [6, 6.07) is 7.87. The van der Waals surface area contributed by atoms with Crippen LogP contribution in [0, 0.1) is 0 Å². The maximum atomic E-state index is 5.95. The fourth-order valence-electron chi connectivity index (χ4n) is 2.14. The number of hydrogen-bond donors (Lipinski definition) is 1. The third-order valence-corrected chi connectivity index (χ3v) is 3.06. The first-order valence-electron chi connectivity index (χ1n) is 5.94. The third kappa shape index (κ3) is 2.07. The van der Waals surface area contributed by atoms with Crippen LogP contribution < -0.4 is 14.8 Å². The molecule has 94 valence electrons. The van der Waals surface area contributed by atoms with E-state index in [2.05, 4.69) is 5.32 Å². The number of nitrogens with one attached hydrogen (secondary N) is 1. The van der Waals surface area contributed by atoms with E-state index in [1.165, 1.54) is 0 Å². The first-order valence-corrected chi connectivity index (χ1v) is 5.94. The second-order valence-electron chi connectivity index (χ2n) is 4.27. The highest BCUT2D eigenvalue weighted by molar-refractivity contribution is 5.47. The van der Waals surface area contributed by atoms with Crippen molar-refractivity contribution in [1.82, 2.24) is 5.32 Å². The molecular formula is C14H15NO3. The van der Waals surface area contributed by atoms with Crippen LogP contribution in [0.4, 0.5) is 0 Å². The van der Waals surface area contributed by atoms with E-state index < -0.39 is 0 Å². The van der Waals surface area contributed by atoms with Crippen LogP contribution in [0.3, 0.4) is 0 Å². The second-order valence-corrected chi connectivity index (χ2v) is 4.27. The van der Waals surface area contributed by atoms with Crippen molar-refractivity contribution in [2.75, 3.05) is 7.11 Å². The molecule has 0 radical (unpaired) electrons. The molecular weight excluding hydrogens is 230 g/mol. The fourth-order valence-corrected chi connectivity index (χ4v) is 2.14. The SMILES string of the molecule is COc1cccc2c1OC(Cc1ccoc1)NC2. The summed E-state index contributed by atoms with van der Waals surface area (Å²) in [6.45, 7) is 0.787. The van der Waals surface area contributed by atoms with Gasteiger partial charge in [0.1, 0.15) is 0 Å². The average molecular weight is 245 g/mol.